The third-order valence-corrected chi connectivity index (χ3v) is 4.02. The predicted octanol–water partition coefficient (Wildman–Crippen LogP) is 4.04. The van der Waals surface area contributed by atoms with Gasteiger partial charge >= 0.3 is 5.97 Å². The molecule has 1 aliphatic heterocycles. The Morgan fingerprint density at radius 3 is 2.62 bits per heavy atom. The lowest BCUT2D eigenvalue weighted by Gasteiger charge is -2.05. The number of hydrogen-bond donors (Lipinski definition) is 0. The summed E-state index contributed by atoms with van der Waals surface area (Å²) in [6.07, 6.45) is 0. The highest BCUT2D eigenvalue weighted by atomic mass is 16.7. The van der Waals surface area contributed by atoms with Gasteiger partial charge in [0.05, 0.1) is 5.56 Å². The quantitative estimate of drug-likeness (QED) is 0.661. The van der Waals surface area contributed by atoms with E-state index in [2.05, 4.69) is 5.16 Å². The van der Waals surface area contributed by atoms with Gasteiger partial charge in [0.25, 0.3) is 0 Å². The largest absolute Gasteiger partial charge is 0.455 e. The van der Waals surface area contributed by atoms with Crippen LogP contribution in [-0.4, -0.2) is 17.9 Å². The molecule has 6 nitrogen and oxygen atoms in total. The third-order valence-electron chi connectivity index (χ3n) is 4.02. The van der Waals surface area contributed by atoms with E-state index in [0.29, 0.717) is 28.5 Å². The maximum absolute atomic E-state index is 12.2. The van der Waals surface area contributed by atoms with E-state index in [1.807, 2.05) is 38.1 Å². The van der Waals surface area contributed by atoms with Crippen molar-refractivity contribution in [1.29, 1.82) is 0 Å². The van der Waals surface area contributed by atoms with Crippen LogP contribution in [0.3, 0.4) is 0 Å². The molecule has 0 unspecified atom stereocenters. The molecule has 2 heterocycles. The molecule has 0 saturated carbocycles. The number of carbonyl (C=O) groups is 1. The first kappa shape index (κ1) is 16.2. The van der Waals surface area contributed by atoms with Crippen molar-refractivity contribution in [3.8, 4) is 22.8 Å². The second-order valence-electron chi connectivity index (χ2n) is 6.20. The van der Waals surface area contributed by atoms with Crippen LogP contribution in [0.5, 0.6) is 11.5 Å². The maximum atomic E-state index is 12.2. The van der Waals surface area contributed by atoms with E-state index in [-0.39, 0.29) is 19.4 Å². The first-order valence-electron chi connectivity index (χ1n) is 8.19. The van der Waals surface area contributed by atoms with Gasteiger partial charge in [-0.2, -0.15) is 0 Å². The van der Waals surface area contributed by atoms with Crippen LogP contribution in [0.1, 0.15) is 27.2 Å². The molecule has 0 bridgehead atoms. The Balaban J connectivity index is 1.44. The number of fused-ring (bicyclic) bond motifs is 1. The molecule has 132 valence electrons. The lowest BCUT2D eigenvalue weighted by molar-refractivity contribution is 0.0464. The van der Waals surface area contributed by atoms with E-state index in [1.54, 1.807) is 18.2 Å². The van der Waals surface area contributed by atoms with Gasteiger partial charge in [-0.05, 0) is 44.2 Å². The highest BCUT2D eigenvalue weighted by Gasteiger charge is 2.16. The van der Waals surface area contributed by atoms with Crippen molar-refractivity contribution in [2.75, 3.05) is 6.79 Å². The summed E-state index contributed by atoms with van der Waals surface area (Å²) >= 11 is 0. The van der Waals surface area contributed by atoms with Crippen LogP contribution < -0.4 is 9.47 Å². The summed E-state index contributed by atoms with van der Waals surface area (Å²) in [4.78, 5) is 12.2. The van der Waals surface area contributed by atoms with Crippen molar-refractivity contribution in [2.24, 2.45) is 0 Å². The standard InChI is InChI=1S/C20H17NO5/c1-12-5-13(2)7-15(6-12)20(22)23-10-16-9-18(26-21-16)14-3-4-17-19(8-14)25-11-24-17/h3-9H,10-11H2,1-2H3. The Morgan fingerprint density at radius 2 is 1.81 bits per heavy atom. The Kier molecular flexibility index (Phi) is 4.08. The highest BCUT2D eigenvalue weighted by Crippen LogP contribution is 2.36. The van der Waals surface area contributed by atoms with Gasteiger partial charge < -0.3 is 18.7 Å². The number of rotatable bonds is 4. The molecule has 1 aliphatic rings. The van der Waals surface area contributed by atoms with E-state index < -0.39 is 0 Å². The van der Waals surface area contributed by atoms with Crippen LogP contribution in [0.25, 0.3) is 11.3 Å². The molecule has 0 N–H and O–H groups in total. The second kappa shape index (κ2) is 6.55. The number of carbonyl (C=O) groups excluding carboxylic acids is 1. The summed E-state index contributed by atoms with van der Waals surface area (Å²) in [5, 5.41) is 3.96. The smallest absolute Gasteiger partial charge is 0.338 e. The Morgan fingerprint density at radius 1 is 1.04 bits per heavy atom. The molecule has 0 fully saturated rings. The summed E-state index contributed by atoms with van der Waals surface area (Å²) in [7, 11) is 0. The molecule has 6 heteroatoms. The summed E-state index contributed by atoms with van der Waals surface area (Å²) in [5.74, 6) is 1.56. The predicted molar refractivity (Wildman–Crippen MR) is 93.1 cm³/mol. The van der Waals surface area contributed by atoms with Gasteiger partial charge in [-0.15, -0.1) is 0 Å². The number of ether oxygens (including phenoxy) is 3. The molecule has 0 saturated heterocycles. The monoisotopic (exact) mass is 351 g/mol. The van der Waals surface area contributed by atoms with Crippen molar-refractivity contribution in [1.82, 2.24) is 5.16 Å². The van der Waals surface area contributed by atoms with Gasteiger partial charge in [-0.25, -0.2) is 4.79 Å². The van der Waals surface area contributed by atoms with Crippen LogP contribution in [0.2, 0.25) is 0 Å². The third kappa shape index (κ3) is 3.26. The molecule has 0 radical (unpaired) electrons. The lowest BCUT2D eigenvalue weighted by Crippen LogP contribution is -2.06. The summed E-state index contributed by atoms with van der Waals surface area (Å²) in [6.45, 7) is 4.15. The Labute approximate surface area is 150 Å². The summed E-state index contributed by atoms with van der Waals surface area (Å²) in [6, 6.07) is 12.9. The molecular formula is C20H17NO5. The molecule has 4 rings (SSSR count). The second-order valence-corrected chi connectivity index (χ2v) is 6.20. The summed E-state index contributed by atoms with van der Waals surface area (Å²) in [5.41, 5.74) is 3.91. The van der Waals surface area contributed by atoms with Crippen molar-refractivity contribution in [3.63, 3.8) is 0 Å². The first-order chi connectivity index (χ1) is 12.6. The van der Waals surface area contributed by atoms with Crippen LogP contribution in [-0.2, 0) is 11.3 Å². The maximum Gasteiger partial charge on any atom is 0.338 e. The van der Waals surface area contributed by atoms with Gasteiger partial charge in [0.15, 0.2) is 17.3 Å². The highest BCUT2D eigenvalue weighted by molar-refractivity contribution is 5.89. The fourth-order valence-electron chi connectivity index (χ4n) is 2.88. The number of aryl methyl sites for hydroxylation is 2. The molecule has 1 aromatic heterocycles. The van der Waals surface area contributed by atoms with Crippen LogP contribution in [0.15, 0.2) is 47.0 Å². The molecule has 0 aliphatic carbocycles. The normalized spacial score (nSPS) is 12.2. The number of aromatic nitrogens is 1. The molecular weight excluding hydrogens is 334 g/mol. The molecule has 2 aromatic carbocycles. The minimum absolute atomic E-state index is 0.0415. The number of benzene rings is 2. The fourth-order valence-corrected chi connectivity index (χ4v) is 2.88. The van der Waals surface area contributed by atoms with Gasteiger partial charge in [0, 0.05) is 11.6 Å². The van der Waals surface area contributed by atoms with Crippen LogP contribution in [0, 0.1) is 13.8 Å². The van der Waals surface area contributed by atoms with Gasteiger partial charge in [0.1, 0.15) is 12.3 Å². The molecule has 3 aromatic rings. The average molecular weight is 351 g/mol. The minimum Gasteiger partial charge on any atom is -0.455 e. The minimum atomic E-state index is -0.385. The van der Waals surface area contributed by atoms with Crippen molar-refractivity contribution >= 4 is 5.97 Å². The average Bonchev–Trinajstić information content (AvgIpc) is 3.27. The van der Waals surface area contributed by atoms with Gasteiger partial charge in [0.2, 0.25) is 6.79 Å². The van der Waals surface area contributed by atoms with Gasteiger partial charge in [-0.3, -0.25) is 0 Å². The molecule has 26 heavy (non-hydrogen) atoms. The zero-order chi connectivity index (χ0) is 18.1. The summed E-state index contributed by atoms with van der Waals surface area (Å²) < 4.78 is 21.3. The first-order valence-corrected chi connectivity index (χ1v) is 8.19. The lowest BCUT2D eigenvalue weighted by atomic mass is 10.1. The van der Waals surface area contributed by atoms with Crippen LogP contribution >= 0.6 is 0 Å². The van der Waals surface area contributed by atoms with E-state index in [0.717, 1.165) is 16.7 Å². The van der Waals surface area contributed by atoms with Crippen LogP contribution in [0.4, 0.5) is 0 Å². The molecule has 0 amide bonds. The van der Waals surface area contributed by atoms with Crippen molar-refractivity contribution < 1.29 is 23.5 Å². The van der Waals surface area contributed by atoms with E-state index in [1.165, 1.54) is 0 Å². The molecule has 0 atom stereocenters. The number of esters is 1. The topological polar surface area (TPSA) is 70.8 Å². The fraction of sp³-hybridized carbons (Fsp3) is 0.200. The van der Waals surface area contributed by atoms with E-state index >= 15 is 0 Å². The SMILES string of the molecule is Cc1cc(C)cc(C(=O)OCc2cc(-c3ccc4c(c3)OCO4)on2)c1. The number of hydrogen-bond acceptors (Lipinski definition) is 6. The van der Waals surface area contributed by atoms with Gasteiger partial charge in [-0.1, -0.05) is 22.3 Å². The zero-order valence-corrected chi connectivity index (χ0v) is 14.4. The van der Waals surface area contributed by atoms with E-state index in [4.69, 9.17) is 18.7 Å². The van der Waals surface area contributed by atoms with Crippen molar-refractivity contribution in [2.45, 2.75) is 20.5 Å². The number of nitrogens with zero attached hydrogens (tertiary/aromatic N) is 1. The molecule has 0 spiro atoms. The Bertz CT molecular complexity index is 956. The van der Waals surface area contributed by atoms with Crippen molar-refractivity contribution in [3.05, 3.63) is 64.8 Å². The Hall–Kier alpha value is -3.28. The van der Waals surface area contributed by atoms with E-state index in [9.17, 15) is 4.79 Å². The zero-order valence-electron chi connectivity index (χ0n) is 14.4.